The summed E-state index contributed by atoms with van der Waals surface area (Å²) in [5, 5.41) is 0. The number of carbonyl (C=O) groups is 1. The zero-order valence-corrected chi connectivity index (χ0v) is 11.8. The second-order valence-corrected chi connectivity index (χ2v) is 5.70. The van der Waals surface area contributed by atoms with Gasteiger partial charge in [-0.15, -0.1) is 0 Å². The van der Waals surface area contributed by atoms with E-state index in [9.17, 15) is 4.79 Å². The van der Waals surface area contributed by atoms with Crippen LogP contribution in [0.5, 0.6) is 5.75 Å². The molecule has 1 heterocycles. The second kappa shape index (κ2) is 4.30. The standard InChI is InChI=1S/C15H21NO2/c1-10-9-15(3,4)16(11(2)17)14-8-12(18-5)6-7-13(10)14/h6-8,10H,9H2,1-5H3/t10-/m0/s1. The highest BCUT2D eigenvalue weighted by Crippen LogP contribution is 2.44. The lowest BCUT2D eigenvalue weighted by Crippen LogP contribution is -2.50. The van der Waals surface area contributed by atoms with Crippen molar-refractivity contribution in [2.75, 3.05) is 12.0 Å². The molecule has 0 saturated heterocycles. The van der Waals surface area contributed by atoms with Gasteiger partial charge in [0.25, 0.3) is 0 Å². The highest BCUT2D eigenvalue weighted by molar-refractivity contribution is 5.94. The van der Waals surface area contributed by atoms with Crippen LogP contribution in [0.25, 0.3) is 0 Å². The molecule has 1 aromatic carbocycles. The van der Waals surface area contributed by atoms with E-state index in [1.807, 2.05) is 17.0 Å². The summed E-state index contributed by atoms with van der Waals surface area (Å²) in [5.74, 6) is 1.34. The smallest absolute Gasteiger partial charge is 0.224 e. The van der Waals surface area contributed by atoms with Crippen LogP contribution >= 0.6 is 0 Å². The molecule has 0 unspecified atom stereocenters. The molecule has 0 spiro atoms. The SMILES string of the molecule is COc1ccc2c(c1)N(C(C)=O)C(C)(C)C[C@@H]2C. The van der Waals surface area contributed by atoms with Crippen LogP contribution in [0, 0.1) is 0 Å². The highest BCUT2D eigenvalue weighted by Gasteiger charge is 2.38. The van der Waals surface area contributed by atoms with Crippen LogP contribution in [0.1, 0.15) is 45.6 Å². The van der Waals surface area contributed by atoms with E-state index in [2.05, 4.69) is 26.8 Å². The number of hydrogen-bond donors (Lipinski definition) is 0. The van der Waals surface area contributed by atoms with E-state index < -0.39 is 0 Å². The van der Waals surface area contributed by atoms with Crippen LogP contribution in [0.4, 0.5) is 5.69 Å². The molecule has 0 aromatic heterocycles. The normalized spacial score (nSPS) is 21.4. The first-order valence-corrected chi connectivity index (χ1v) is 6.35. The number of anilines is 1. The van der Waals surface area contributed by atoms with Crippen LogP contribution in [-0.2, 0) is 4.79 Å². The molecule has 0 fully saturated rings. The Morgan fingerprint density at radius 3 is 2.67 bits per heavy atom. The van der Waals surface area contributed by atoms with Crippen molar-refractivity contribution >= 4 is 11.6 Å². The monoisotopic (exact) mass is 247 g/mol. The third-order valence-corrected chi connectivity index (χ3v) is 3.74. The van der Waals surface area contributed by atoms with Crippen molar-refractivity contribution in [1.29, 1.82) is 0 Å². The first kappa shape index (κ1) is 12.9. The number of carbonyl (C=O) groups excluding carboxylic acids is 1. The maximum absolute atomic E-state index is 12.0. The highest BCUT2D eigenvalue weighted by atomic mass is 16.5. The predicted molar refractivity (Wildman–Crippen MR) is 73.3 cm³/mol. The Morgan fingerprint density at radius 2 is 2.11 bits per heavy atom. The number of amides is 1. The Kier molecular flexibility index (Phi) is 3.09. The lowest BCUT2D eigenvalue weighted by atomic mass is 9.80. The molecular weight excluding hydrogens is 226 g/mol. The van der Waals surface area contributed by atoms with E-state index in [4.69, 9.17) is 4.74 Å². The van der Waals surface area contributed by atoms with Gasteiger partial charge in [-0.25, -0.2) is 0 Å². The second-order valence-electron chi connectivity index (χ2n) is 5.70. The number of ether oxygens (including phenoxy) is 1. The van der Waals surface area contributed by atoms with Crippen molar-refractivity contribution in [2.24, 2.45) is 0 Å². The minimum Gasteiger partial charge on any atom is -0.497 e. The van der Waals surface area contributed by atoms with E-state index in [1.165, 1.54) is 5.56 Å². The number of fused-ring (bicyclic) bond motifs is 1. The Bertz CT molecular complexity index is 479. The van der Waals surface area contributed by atoms with Crippen molar-refractivity contribution in [3.8, 4) is 5.75 Å². The fourth-order valence-corrected chi connectivity index (χ4v) is 3.13. The largest absolute Gasteiger partial charge is 0.497 e. The molecule has 1 amide bonds. The molecule has 0 bridgehead atoms. The zero-order chi connectivity index (χ0) is 13.5. The zero-order valence-electron chi connectivity index (χ0n) is 11.8. The molecule has 0 N–H and O–H groups in total. The topological polar surface area (TPSA) is 29.5 Å². The van der Waals surface area contributed by atoms with E-state index >= 15 is 0 Å². The number of rotatable bonds is 1. The molecule has 0 aliphatic carbocycles. The van der Waals surface area contributed by atoms with Crippen LogP contribution in [0.3, 0.4) is 0 Å². The van der Waals surface area contributed by atoms with E-state index in [-0.39, 0.29) is 11.4 Å². The number of methoxy groups -OCH3 is 1. The van der Waals surface area contributed by atoms with Crippen molar-refractivity contribution in [3.63, 3.8) is 0 Å². The maximum atomic E-state index is 12.0. The van der Waals surface area contributed by atoms with E-state index in [0.29, 0.717) is 5.92 Å². The molecule has 3 nitrogen and oxygen atoms in total. The van der Waals surface area contributed by atoms with Crippen LogP contribution in [0.2, 0.25) is 0 Å². The number of hydrogen-bond acceptors (Lipinski definition) is 2. The van der Waals surface area contributed by atoms with Crippen molar-refractivity contribution in [3.05, 3.63) is 23.8 Å². The Morgan fingerprint density at radius 1 is 1.44 bits per heavy atom. The molecule has 1 aliphatic rings. The molecule has 1 aromatic rings. The van der Waals surface area contributed by atoms with Crippen molar-refractivity contribution in [1.82, 2.24) is 0 Å². The third kappa shape index (κ3) is 1.98. The minimum atomic E-state index is -0.148. The molecular formula is C15H21NO2. The van der Waals surface area contributed by atoms with Gasteiger partial charge >= 0.3 is 0 Å². The van der Waals surface area contributed by atoms with Crippen molar-refractivity contribution in [2.45, 2.75) is 45.6 Å². The molecule has 18 heavy (non-hydrogen) atoms. The predicted octanol–water partition coefficient (Wildman–Crippen LogP) is 3.33. The van der Waals surface area contributed by atoms with Gasteiger partial charge in [-0.05, 0) is 37.8 Å². The lowest BCUT2D eigenvalue weighted by molar-refractivity contribution is -0.117. The summed E-state index contributed by atoms with van der Waals surface area (Å²) in [6, 6.07) is 6.00. The Hall–Kier alpha value is -1.51. The fourth-order valence-electron chi connectivity index (χ4n) is 3.13. The van der Waals surface area contributed by atoms with E-state index in [0.717, 1.165) is 17.9 Å². The Balaban J connectivity index is 2.61. The van der Waals surface area contributed by atoms with Gasteiger partial charge < -0.3 is 9.64 Å². The van der Waals surface area contributed by atoms with Gasteiger partial charge in [0.2, 0.25) is 5.91 Å². The molecule has 3 heteroatoms. The lowest BCUT2D eigenvalue weighted by Gasteiger charge is -2.45. The van der Waals surface area contributed by atoms with Gasteiger partial charge in [-0.1, -0.05) is 13.0 Å². The van der Waals surface area contributed by atoms with Gasteiger partial charge in [-0.3, -0.25) is 4.79 Å². The summed E-state index contributed by atoms with van der Waals surface area (Å²) in [7, 11) is 1.65. The number of nitrogens with zero attached hydrogens (tertiary/aromatic N) is 1. The molecule has 2 rings (SSSR count). The first-order valence-electron chi connectivity index (χ1n) is 6.35. The van der Waals surface area contributed by atoms with Crippen molar-refractivity contribution < 1.29 is 9.53 Å². The van der Waals surface area contributed by atoms with Crippen LogP contribution < -0.4 is 9.64 Å². The number of benzene rings is 1. The Labute approximate surface area is 109 Å². The van der Waals surface area contributed by atoms with E-state index in [1.54, 1.807) is 14.0 Å². The molecule has 1 aliphatic heterocycles. The minimum absolute atomic E-state index is 0.0846. The summed E-state index contributed by atoms with van der Waals surface area (Å²) < 4.78 is 5.27. The third-order valence-electron chi connectivity index (χ3n) is 3.74. The molecule has 98 valence electrons. The van der Waals surface area contributed by atoms with Crippen LogP contribution in [-0.4, -0.2) is 18.6 Å². The molecule has 0 saturated carbocycles. The van der Waals surface area contributed by atoms with Gasteiger partial charge in [0.05, 0.1) is 12.8 Å². The summed E-state index contributed by atoms with van der Waals surface area (Å²) in [6.45, 7) is 8.08. The van der Waals surface area contributed by atoms with Gasteiger partial charge in [0, 0.05) is 18.5 Å². The van der Waals surface area contributed by atoms with Gasteiger partial charge in [0.15, 0.2) is 0 Å². The summed E-state index contributed by atoms with van der Waals surface area (Å²) in [4.78, 5) is 13.9. The summed E-state index contributed by atoms with van der Waals surface area (Å²) >= 11 is 0. The van der Waals surface area contributed by atoms with Crippen LogP contribution in [0.15, 0.2) is 18.2 Å². The van der Waals surface area contributed by atoms with Gasteiger partial charge in [0.1, 0.15) is 5.75 Å². The average Bonchev–Trinajstić information content (AvgIpc) is 2.26. The maximum Gasteiger partial charge on any atom is 0.224 e. The summed E-state index contributed by atoms with van der Waals surface area (Å²) in [5.41, 5.74) is 2.07. The van der Waals surface area contributed by atoms with Gasteiger partial charge in [-0.2, -0.15) is 0 Å². The molecule has 0 radical (unpaired) electrons. The summed E-state index contributed by atoms with van der Waals surface area (Å²) in [6.07, 6.45) is 0.978. The molecule has 1 atom stereocenters. The quantitative estimate of drug-likeness (QED) is 0.761. The first-order chi connectivity index (χ1) is 8.36. The average molecular weight is 247 g/mol. The fraction of sp³-hybridized carbons (Fsp3) is 0.533.